The fourth-order valence-electron chi connectivity index (χ4n) is 5.86. The number of nitrogens with zero attached hydrogens (tertiary/aromatic N) is 1. The highest BCUT2D eigenvalue weighted by Crippen LogP contribution is 2.62. The van der Waals surface area contributed by atoms with E-state index >= 15 is 0 Å². The second kappa shape index (κ2) is 9.14. The average Bonchev–Trinajstić information content (AvgIpc) is 3.42. The third kappa shape index (κ3) is 4.16. The lowest BCUT2D eigenvalue weighted by Crippen LogP contribution is -3.06. The van der Waals surface area contributed by atoms with Gasteiger partial charge in [-0.15, -0.1) is 11.3 Å². The largest absolute Gasteiger partial charge is 0.396 e. The van der Waals surface area contributed by atoms with Gasteiger partial charge in [0.25, 0.3) is 0 Å². The molecule has 1 saturated carbocycles. The fraction of sp³-hybridized carbons (Fsp3) is 0.667. The van der Waals surface area contributed by atoms with Crippen molar-refractivity contribution in [3.8, 4) is 10.6 Å². The van der Waals surface area contributed by atoms with Gasteiger partial charge in [0.15, 0.2) is 0 Å². The van der Waals surface area contributed by atoms with E-state index < -0.39 is 11.5 Å². The molecule has 4 rings (SSSR count). The Morgan fingerprint density at radius 1 is 1.38 bits per heavy atom. The number of amides is 1. The summed E-state index contributed by atoms with van der Waals surface area (Å²) >= 11 is 3.37. The zero-order valence-corrected chi connectivity index (χ0v) is 21.1. The summed E-state index contributed by atoms with van der Waals surface area (Å²) in [4.78, 5) is 20.6. The molecule has 0 bridgehead atoms. The maximum absolute atomic E-state index is 13.0. The third-order valence-corrected chi connectivity index (χ3v) is 9.82. The molecule has 4 N–H and O–H groups in total. The van der Waals surface area contributed by atoms with Gasteiger partial charge < -0.3 is 20.4 Å². The van der Waals surface area contributed by atoms with Crippen LogP contribution in [0.1, 0.15) is 49.6 Å². The van der Waals surface area contributed by atoms with Gasteiger partial charge in [0.2, 0.25) is 5.91 Å². The summed E-state index contributed by atoms with van der Waals surface area (Å²) in [6.07, 6.45) is 2.13. The van der Waals surface area contributed by atoms with Crippen molar-refractivity contribution in [2.45, 2.75) is 51.6 Å². The van der Waals surface area contributed by atoms with Gasteiger partial charge in [0.1, 0.15) is 5.01 Å². The predicted molar refractivity (Wildman–Crippen MR) is 129 cm³/mol. The van der Waals surface area contributed by atoms with E-state index in [4.69, 9.17) is 4.98 Å². The molecule has 0 aliphatic heterocycles. The predicted octanol–water partition coefficient (Wildman–Crippen LogP) is 1.94. The van der Waals surface area contributed by atoms with E-state index in [9.17, 15) is 15.0 Å². The first-order valence-electron chi connectivity index (χ1n) is 11.6. The van der Waals surface area contributed by atoms with Gasteiger partial charge in [-0.3, -0.25) is 4.79 Å². The molecule has 0 aromatic carbocycles. The minimum absolute atomic E-state index is 0.0232. The zero-order chi connectivity index (χ0) is 23.1. The lowest BCUT2D eigenvalue weighted by atomic mass is 9.47. The highest BCUT2D eigenvalue weighted by atomic mass is 32.1. The molecule has 0 saturated heterocycles. The molecule has 2 aromatic rings. The molecule has 8 heteroatoms. The number of thiazole rings is 1. The van der Waals surface area contributed by atoms with Crippen LogP contribution in [0.25, 0.3) is 10.6 Å². The number of likely N-dealkylation sites (N-methyl/N-ethyl adjacent to an activating group) is 1. The number of hydrogen-bond donors (Lipinski definition) is 4. The monoisotopic (exact) mass is 478 g/mol. The van der Waals surface area contributed by atoms with Crippen molar-refractivity contribution in [2.24, 2.45) is 16.7 Å². The molecule has 2 aliphatic carbocycles. The van der Waals surface area contributed by atoms with Crippen molar-refractivity contribution in [1.82, 2.24) is 10.3 Å². The summed E-state index contributed by atoms with van der Waals surface area (Å²) in [5.41, 5.74) is 1.40. The molecule has 32 heavy (non-hydrogen) atoms. The van der Waals surface area contributed by atoms with Crippen LogP contribution >= 0.6 is 22.7 Å². The summed E-state index contributed by atoms with van der Waals surface area (Å²) < 4.78 is 0. The molecule has 0 radical (unpaired) electrons. The van der Waals surface area contributed by atoms with Crippen LogP contribution in [0.5, 0.6) is 0 Å². The minimum Gasteiger partial charge on any atom is -0.396 e. The number of fused-ring (bicyclic) bond motifs is 2. The quantitative estimate of drug-likeness (QED) is 0.490. The van der Waals surface area contributed by atoms with E-state index in [1.165, 1.54) is 9.78 Å². The number of quaternary nitrogens is 1. The van der Waals surface area contributed by atoms with Crippen molar-refractivity contribution in [1.29, 1.82) is 0 Å². The number of rotatable bonds is 7. The Kier molecular flexibility index (Phi) is 6.81. The normalized spacial score (nSPS) is 31.9. The third-order valence-electron chi connectivity index (χ3n) is 8.00. The lowest BCUT2D eigenvalue weighted by molar-refractivity contribution is -0.856. The van der Waals surface area contributed by atoms with Crippen LogP contribution in [0, 0.1) is 16.7 Å². The smallest absolute Gasteiger partial charge is 0.220 e. The van der Waals surface area contributed by atoms with Crippen LogP contribution in [0.3, 0.4) is 0 Å². The van der Waals surface area contributed by atoms with E-state index in [0.29, 0.717) is 19.4 Å². The number of carbonyl (C=O) groups excluding carboxylic acids is 1. The second-order valence-corrected chi connectivity index (χ2v) is 12.2. The maximum Gasteiger partial charge on any atom is 0.220 e. The Hall–Kier alpha value is -1.32. The van der Waals surface area contributed by atoms with E-state index in [1.54, 1.807) is 22.7 Å². The summed E-state index contributed by atoms with van der Waals surface area (Å²) in [5, 5.41) is 29.5. The van der Waals surface area contributed by atoms with Crippen molar-refractivity contribution >= 4 is 28.6 Å². The molecule has 0 unspecified atom stereocenters. The van der Waals surface area contributed by atoms with Crippen molar-refractivity contribution in [3.63, 3.8) is 0 Å². The molecular formula is C24H36N3O3S2+. The SMILES string of the molecule is C[NH+](C)CCNC(=O)C[C@@H]1c2nc(-c3ccsc3)sc2C[C@@H]2[C@](C)(CO)[C@H](O)CC[C@]21C. The van der Waals surface area contributed by atoms with Gasteiger partial charge >= 0.3 is 0 Å². The number of thiophene rings is 1. The van der Waals surface area contributed by atoms with Crippen LogP contribution in [0.2, 0.25) is 0 Å². The zero-order valence-electron chi connectivity index (χ0n) is 19.5. The van der Waals surface area contributed by atoms with Gasteiger partial charge in [-0.2, -0.15) is 11.3 Å². The van der Waals surface area contributed by atoms with Crippen LogP contribution < -0.4 is 10.2 Å². The molecule has 1 fully saturated rings. The van der Waals surface area contributed by atoms with Crippen molar-refractivity contribution < 1.29 is 19.9 Å². The van der Waals surface area contributed by atoms with Gasteiger partial charge in [-0.05, 0) is 42.0 Å². The maximum atomic E-state index is 13.0. The summed E-state index contributed by atoms with van der Waals surface area (Å²) in [6, 6.07) is 2.09. The molecule has 2 aliphatic rings. The van der Waals surface area contributed by atoms with E-state index in [0.717, 1.165) is 35.7 Å². The lowest BCUT2D eigenvalue weighted by Gasteiger charge is -2.58. The van der Waals surface area contributed by atoms with Gasteiger partial charge in [-0.25, -0.2) is 4.98 Å². The molecule has 2 aromatic heterocycles. The van der Waals surface area contributed by atoms with Crippen LogP contribution in [0.4, 0.5) is 0 Å². The Morgan fingerprint density at radius 2 is 2.16 bits per heavy atom. The molecule has 176 valence electrons. The minimum atomic E-state index is -0.583. The molecule has 5 atom stereocenters. The molecular weight excluding hydrogens is 442 g/mol. The Bertz CT molecular complexity index is 944. The number of carbonyl (C=O) groups is 1. The van der Waals surface area contributed by atoms with Crippen molar-refractivity contribution in [3.05, 3.63) is 27.4 Å². The van der Waals surface area contributed by atoms with Crippen LogP contribution in [-0.4, -0.2) is 61.0 Å². The Balaban J connectivity index is 1.71. The number of aliphatic hydroxyl groups excluding tert-OH is 2. The Labute approximate surface area is 198 Å². The van der Waals surface area contributed by atoms with Crippen LogP contribution in [0.15, 0.2) is 16.8 Å². The fourth-order valence-corrected chi connectivity index (χ4v) is 7.74. The highest BCUT2D eigenvalue weighted by Gasteiger charge is 2.59. The Morgan fingerprint density at radius 3 is 2.81 bits per heavy atom. The number of hydrogen-bond acceptors (Lipinski definition) is 6. The first-order chi connectivity index (χ1) is 15.2. The second-order valence-electron chi connectivity index (χ2n) is 10.4. The first-order valence-corrected chi connectivity index (χ1v) is 13.3. The molecule has 6 nitrogen and oxygen atoms in total. The van der Waals surface area contributed by atoms with Crippen molar-refractivity contribution in [2.75, 3.05) is 33.8 Å². The van der Waals surface area contributed by atoms with Crippen LogP contribution in [-0.2, 0) is 11.2 Å². The van der Waals surface area contributed by atoms with E-state index in [2.05, 4.69) is 43.2 Å². The standard InChI is InChI=1S/C24H35N3O3S2/c1-23-7-5-19(29)24(2,14-28)18(23)12-17-21(26-22(32-17)15-6-10-31-13-15)16(23)11-20(30)25-8-9-27(3)4/h6,10,13,16,18-19,28-29H,5,7-9,11-12,14H2,1-4H3,(H,25,30)/p+1/t16-,18+,19-,23+,24+/m1/s1. The van der Waals surface area contributed by atoms with E-state index in [1.807, 2.05) is 6.92 Å². The van der Waals surface area contributed by atoms with E-state index in [-0.39, 0.29) is 29.8 Å². The molecule has 0 spiro atoms. The van der Waals surface area contributed by atoms with Gasteiger partial charge in [-0.1, -0.05) is 13.8 Å². The summed E-state index contributed by atoms with van der Waals surface area (Å²) in [6.45, 7) is 5.76. The first kappa shape index (κ1) is 23.8. The number of aromatic nitrogens is 1. The van der Waals surface area contributed by atoms with Gasteiger partial charge in [0, 0.05) is 33.6 Å². The average molecular weight is 479 g/mol. The number of aliphatic hydroxyl groups is 2. The highest BCUT2D eigenvalue weighted by molar-refractivity contribution is 7.15. The molecule has 2 heterocycles. The summed E-state index contributed by atoms with van der Waals surface area (Å²) in [5.74, 6) is 0.131. The molecule has 1 amide bonds. The number of nitrogens with one attached hydrogen (secondary N) is 2. The topological polar surface area (TPSA) is 86.9 Å². The summed E-state index contributed by atoms with van der Waals surface area (Å²) in [7, 11) is 4.16. The van der Waals surface area contributed by atoms with Gasteiger partial charge in [0.05, 0.1) is 45.6 Å².